The maximum atomic E-state index is 12.2. The zero-order chi connectivity index (χ0) is 14.6. The van der Waals surface area contributed by atoms with Crippen molar-refractivity contribution in [2.45, 2.75) is 25.8 Å². The van der Waals surface area contributed by atoms with Crippen LogP contribution in [0.4, 0.5) is 4.79 Å². The van der Waals surface area contributed by atoms with E-state index in [9.17, 15) is 19.5 Å². The summed E-state index contributed by atoms with van der Waals surface area (Å²) in [5.41, 5.74) is 0. The highest BCUT2D eigenvalue weighted by atomic mass is 16.5. The number of hydrogen-bond donors (Lipinski definition) is 1. The number of ether oxygens (including phenoxy) is 1. The van der Waals surface area contributed by atoms with Crippen molar-refractivity contribution in [2.24, 2.45) is 5.92 Å². The number of rotatable bonds is 3. The summed E-state index contributed by atoms with van der Waals surface area (Å²) in [5.74, 6) is -1.27. The van der Waals surface area contributed by atoms with Gasteiger partial charge in [0, 0.05) is 13.6 Å². The number of piperidine rings is 1. The van der Waals surface area contributed by atoms with E-state index in [1.54, 1.807) is 0 Å². The van der Waals surface area contributed by atoms with E-state index in [1.165, 1.54) is 24.0 Å². The van der Waals surface area contributed by atoms with Gasteiger partial charge in [0.05, 0.1) is 7.11 Å². The first-order valence-electron chi connectivity index (χ1n) is 6.18. The molecule has 1 aliphatic heterocycles. The van der Waals surface area contributed by atoms with Crippen LogP contribution in [0, 0.1) is 5.92 Å². The molecule has 0 aromatic carbocycles. The van der Waals surface area contributed by atoms with Gasteiger partial charge in [0.15, 0.2) is 0 Å². The lowest BCUT2D eigenvalue weighted by atomic mass is 9.93. The van der Waals surface area contributed by atoms with Crippen molar-refractivity contribution in [1.29, 1.82) is 0 Å². The van der Waals surface area contributed by atoms with Crippen molar-refractivity contribution in [3.05, 3.63) is 0 Å². The molecule has 0 aromatic rings. The number of hydrogen-bond acceptors (Lipinski definition) is 4. The van der Waals surface area contributed by atoms with Crippen molar-refractivity contribution in [3.8, 4) is 0 Å². The number of carboxylic acids is 1. The highest BCUT2D eigenvalue weighted by molar-refractivity contribution is 5.85. The highest BCUT2D eigenvalue weighted by Crippen LogP contribution is 2.23. The molecule has 0 bridgehead atoms. The van der Waals surface area contributed by atoms with Crippen molar-refractivity contribution in [3.63, 3.8) is 0 Å². The van der Waals surface area contributed by atoms with E-state index in [0.29, 0.717) is 13.0 Å². The number of methoxy groups -OCH3 is 1. The largest absolute Gasteiger partial charge is 0.480 e. The van der Waals surface area contributed by atoms with Crippen LogP contribution < -0.4 is 0 Å². The van der Waals surface area contributed by atoms with Crippen LogP contribution in [0.1, 0.15) is 19.8 Å². The van der Waals surface area contributed by atoms with Gasteiger partial charge >= 0.3 is 18.0 Å². The van der Waals surface area contributed by atoms with Crippen molar-refractivity contribution >= 4 is 18.0 Å². The molecule has 2 unspecified atom stereocenters. The van der Waals surface area contributed by atoms with E-state index >= 15 is 0 Å². The molecule has 2 atom stereocenters. The molecule has 0 spiro atoms. The Labute approximate surface area is 112 Å². The molecule has 2 amide bonds. The fraction of sp³-hybridized carbons (Fsp3) is 0.750. The van der Waals surface area contributed by atoms with Crippen LogP contribution in [0.5, 0.6) is 0 Å². The number of nitrogens with zero attached hydrogens (tertiary/aromatic N) is 2. The normalized spacial score (nSPS) is 22.8. The lowest BCUT2D eigenvalue weighted by Gasteiger charge is -2.37. The number of likely N-dealkylation sites (tertiary alicyclic amines) is 1. The lowest BCUT2D eigenvalue weighted by molar-refractivity contribution is -0.144. The average molecular weight is 272 g/mol. The van der Waals surface area contributed by atoms with Crippen LogP contribution in [-0.2, 0) is 14.3 Å². The van der Waals surface area contributed by atoms with E-state index in [-0.39, 0.29) is 12.5 Å². The zero-order valence-corrected chi connectivity index (χ0v) is 11.5. The van der Waals surface area contributed by atoms with Gasteiger partial charge in [-0.25, -0.2) is 9.59 Å². The van der Waals surface area contributed by atoms with Gasteiger partial charge < -0.3 is 19.6 Å². The Morgan fingerprint density at radius 3 is 2.58 bits per heavy atom. The minimum Gasteiger partial charge on any atom is -0.480 e. The van der Waals surface area contributed by atoms with Crippen LogP contribution in [0.15, 0.2) is 0 Å². The fourth-order valence-corrected chi connectivity index (χ4v) is 2.15. The zero-order valence-electron chi connectivity index (χ0n) is 11.5. The van der Waals surface area contributed by atoms with Gasteiger partial charge in [-0.2, -0.15) is 0 Å². The Hall–Kier alpha value is -1.79. The smallest absolute Gasteiger partial charge is 0.326 e. The molecule has 1 N–H and O–H groups in total. The molecule has 108 valence electrons. The summed E-state index contributed by atoms with van der Waals surface area (Å²) in [6, 6.07) is -1.28. The fourth-order valence-electron chi connectivity index (χ4n) is 2.15. The number of carbonyl (C=O) groups is 3. The first-order chi connectivity index (χ1) is 8.86. The second kappa shape index (κ2) is 6.40. The number of carbonyl (C=O) groups excluding carboxylic acids is 2. The van der Waals surface area contributed by atoms with Crippen LogP contribution in [-0.4, -0.2) is 66.2 Å². The molecule has 1 fully saturated rings. The average Bonchev–Trinajstić information content (AvgIpc) is 2.37. The molecule has 1 heterocycles. The van der Waals surface area contributed by atoms with Gasteiger partial charge in [-0.3, -0.25) is 4.79 Å². The van der Waals surface area contributed by atoms with Crippen molar-refractivity contribution in [1.82, 2.24) is 9.80 Å². The molecule has 1 saturated heterocycles. The minimum absolute atomic E-state index is 0.187. The van der Waals surface area contributed by atoms with E-state index < -0.39 is 24.0 Å². The molecular formula is C12H20N2O5. The number of aliphatic carboxylic acids is 1. The van der Waals surface area contributed by atoms with Gasteiger partial charge in [0.1, 0.15) is 12.6 Å². The first-order valence-corrected chi connectivity index (χ1v) is 6.18. The number of likely N-dealkylation sites (N-methyl/N-ethyl adjacent to an activating group) is 1. The third kappa shape index (κ3) is 3.84. The predicted octanol–water partition coefficient (Wildman–Crippen LogP) is 0.396. The SMILES string of the molecule is COC(=O)CN(C)C(=O)N1CCC(C)CC1C(=O)O. The molecule has 7 nitrogen and oxygen atoms in total. The molecule has 7 heteroatoms. The molecule has 0 radical (unpaired) electrons. The molecule has 1 aliphatic rings. The quantitative estimate of drug-likeness (QED) is 0.751. The predicted molar refractivity (Wildman–Crippen MR) is 66.6 cm³/mol. The molecule has 0 aliphatic carbocycles. The summed E-state index contributed by atoms with van der Waals surface area (Å²) in [6.07, 6.45) is 1.20. The Bertz CT molecular complexity index is 371. The summed E-state index contributed by atoms with van der Waals surface area (Å²) in [5, 5.41) is 9.18. The number of carboxylic acid groups (broad SMARTS) is 1. The van der Waals surface area contributed by atoms with Gasteiger partial charge in [-0.1, -0.05) is 6.92 Å². The van der Waals surface area contributed by atoms with Crippen LogP contribution >= 0.6 is 0 Å². The molecule has 1 rings (SSSR count). The third-order valence-corrected chi connectivity index (χ3v) is 3.32. The van der Waals surface area contributed by atoms with Crippen LogP contribution in [0.25, 0.3) is 0 Å². The maximum absolute atomic E-state index is 12.2. The van der Waals surface area contributed by atoms with Gasteiger partial charge in [0.25, 0.3) is 0 Å². The standard InChI is InChI=1S/C12H20N2O5/c1-8-4-5-14(9(6-8)11(16)17)12(18)13(2)7-10(15)19-3/h8-9H,4-7H2,1-3H3,(H,16,17). The van der Waals surface area contributed by atoms with Crippen molar-refractivity contribution in [2.75, 3.05) is 27.2 Å². The Morgan fingerprint density at radius 1 is 1.42 bits per heavy atom. The minimum atomic E-state index is -1.01. The highest BCUT2D eigenvalue weighted by Gasteiger charge is 2.36. The Balaban J connectivity index is 2.73. The van der Waals surface area contributed by atoms with Gasteiger partial charge in [-0.05, 0) is 18.8 Å². The molecule has 0 aromatic heterocycles. The summed E-state index contributed by atoms with van der Waals surface area (Å²) in [6.45, 7) is 2.17. The first kappa shape index (κ1) is 15.3. The number of amides is 2. The van der Waals surface area contributed by atoms with E-state index in [0.717, 1.165) is 6.42 Å². The van der Waals surface area contributed by atoms with E-state index in [1.807, 2.05) is 6.92 Å². The van der Waals surface area contributed by atoms with E-state index in [4.69, 9.17) is 0 Å². The van der Waals surface area contributed by atoms with E-state index in [2.05, 4.69) is 4.74 Å². The summed E-state index contributed by atoms with van der Waals surface area (Å²) < 4.78 is 4.48. The summed E-state index contributed by atoms with van der Waals surface area (Å²) in [7, 11) is 2.69. The molecule has 19 heavy (non-hydrogen) atoms. The monoisotopic (exact) mass is 272 g/mol. The summed E-state index contributed by atoms with van der Waals surface area (Å²) >= 11 is 0. The lowest BCUT2D eigenvalue weighted by Crippen LogP contribution is -2.54. The number of esters is 1. The molecule has 0 saturated carbocycles. The Morgan fingerprint density at radius 2 is 2.05 bits per heavy atom. The second-order valence-electron chi connectivity index (χ2n) is 4.89. The van der Waals surface area contributed by atoms with Crippen LogP contribution in [0.2, 0.25) is 0 Å². The summed E-state index contributed by atoms with van der Waals surface area (Å²) in [4.78, 5) is 37.0. The van der Waals surface area contributed by atoms with Crippen LogP contribution in [0.3, 0.4) is 0 Å². The van der Waals surface area contributed by atoms with Crippen molar-refractivity contribution < 1.29 is 24.2 Å². The third-order valence-electron chi connectivity index (χ3n) is 3.32. The topological polar surface area (TPSA) is 87.2 Å². The van der Waals surface area contributed by atoms with Gasteiger partial charge in [-0.15, -0.1) is 0 Å². The second-order valence-corrected chi connectivity index (χ2v) is 4.89. The van der Waals surface area contributed by atoms with Gasteiger partial charge in [0.2, 0.25) is 0 Å². The molecular weight excluding hydrogens is 252 g/mol. The number of urea groups is 1. The Kier molecular flexibility index (Phi) is 5.14. The maximum Gasteiger partial charge on any atom is 0.326 e.